The van der Waals surface area contributed by atoms with E-state index in [1.807, 2.05) is 11.9 Å². The SMILES string of the molecule is CN1CCCC(CCN(C)C(=O)C2CC(N)C2)C1. The van der Waals surface area contributed by atoms with Crippen LogP contribution in [0.2, 0.25) is 0 Å². The van der Waals surface area contributed by atoms with Crippen LogP contribution in [0, 0.1) is 11.8 Å². The molecule has 2 rings (SSSR count). The molecule has 4 nitrogen and oxygen atoms in total. The van der Waals surface area contributed by atoms with Gasteiger partial charge in [0.2, 0.25) is 5.91 Å². The predicted octanol–water partition coefficient (Wildman–Crippen LogP) is 0.914. The van der Waals surface area contributed by atoms with Crippen LogP contribution in [0.5, 0.6) is 0 Å². The zero-order valence-electron chi connectivity index (χ0n) is 11.8. The second-order valence-corrected chi connectivity index (χ2v) is 6.25. The molecule has 104 valence electrons. The highest BCUT2D eigenvalue weighted by Crippen LogP contribution is 2.27. The van der Waals surface area contributed by atoms with Crippen LogP contribution < -0.4 is 5.73 Å². The zero-order valence-corrected chi connectivity index (χ0v) is 11.8. The van der Waals surface area contributed by atoms with E-state index >= 15 is 0 Å². The Kier molecular flexibility index (Phi) is 4.62. The fourth-order valence-electron chi connectivity index (χ4n) is 3.17. The summed E-state index contributed by atoms with van der Waals surface area (Å²) in [5, 5.41) is 0. The fraction of sp³-hybridized carbons (Fsp3) is 0.929. The summed E-state index contributed by atoms with van der Waals surface area (Å²) in [5.74, 6) is 1.28. The van der Waals surface area contributed by atoms with E-state index in [4.69, 9.17) is 5.73 Å². The van der Waals surface area contributed by atoms with Gasteiger partial charge in [0, 0.05) is 32.1 Å². The molecule has 1 heterocycles. The summed E-state index contributed by atoms with van der Waals surface area (Å²) in [5.41, 5.74) is 5.74. The van der Waals surface area contributed by atoms with Crippen molar-refractivity contribution in [2.75, 3.05) is 33.7 Å². The van der Waals surface area contributed by atoms with Gasteiger partial charge in [-0.15, -0.1) is 0 Å². The van der Waals surface area contributed by atoms with Gasteiger partial charge >= 0.3 is 0 Å². The first kappa shape index (κ1) is 13.8. The lowest BCUT2D eigenvalue weighted by Gasteiger charge is -2.35. The molecule has 18 heavy (non-hydrogen) atoms. The smallest absolute Gasteiger partial charge is 0.225 e. The van der Waals surface area contributed by atoms with Gasteiger partial charge in [-0.25, -0.2) is 0 Å². The number of hydrogen-bond acceptors (Lipinski definition) is 3. The standard InChI is InChI=1S/C14H27N3O/c1-16-6-3-4-11(10-16)5-7-17(2)14(18)12-8-13(15)9-12/h11-13H,3-10,15H2,1-2H3. The van der Waals surface area contributed by atoms with Crippen molar-refractivity contribution in [3.8, 4) is 0 Å². The van der Waals surface area contributed by atoms with Gasteiger partial charge in [-0.3, -0.25) is 4.79 Å². The molecule has 1 saturated carbocycles. The summed E-state index contributed by atoms with van der Waals surface area (Å²) in [7, 11) is 4.13. The Morgan fingerprint density at radius 3 is 2.78 bits per heavy atom. The lowest BCUT2D eigenvalue weighted by Crippen LogP contribution is -2.46. The summed E-state index contributed by atoms with van der Waals surface area (Å²) in [6.07, 6.45) is 5.53. The highest BCUT2D eigenvalue weighted by atomic mass is 16.2. The van der Waals surface area contributed by atoms with Crippen molar-refractivity contribution in [2.45, 2.75) is 38.1 Å². The van der Waals surface area contributed by atoms with Crippen LogP contribution in [0.1, 0.15) is 32.1 Å². The number of carbonyl (C=O) groups excluding carboxylic acids is 1. The largest absolute Gasteiger partial charge is 0.346 e. The third-order valence-corrected chi connectivity index (χ3v) is 4.49. The van der Waals surface area contributed by atoms with Crippen molar-refractivity contribution in [1.82, 2.24) is 9.80 Å². The Hall–Kier alpha value is -0.610. The van der Waals surface area contributed by atoms with Crippen LogP contribution in [-0.2, 0) is 4.79 Å². The minimum atomic E-state index is 0.207. The molecule has 4 heteroatoms. The zero-order chi connectivity index (χ0) is 13.1. The van der Waals surface area contributed by atoms with Crippen LogP contribution >= 0.6 is 0 Å². The minimum Gasteiger partial charge on any atom is -0.346 e. The molecule has 0 aromatic heterocycles. The lowest BCUT2D eigenvalue weighted by atomic mass is 9.80. The number of carbonyl (C=O) groups is 1. The van der Waals surface area contributed by atoms with Gasteiger partial charge < -0.3 is 15.5 Å². The van der Waals surface area contributed by atoms with Crippen molar-refractivity contribution >= 4 is 5.91 Å². The number of hydrogen-bond donors (Lipinski definition) is 1. The first-order valence-electron chi connectivity index (χ1n) is 7.25. The third-order valence-electron chi connectivity index (χ3n) is 4.49. The number of piperidine rings is 1. The summed E-state index contributed by atoms with van der Waals surface area (Å²) in [6.45, 7) is 3.32. The van der Waals surface area contributed by atoms with Gasteiger partial charge in [0.05, 0.1) is 0 Å². The Bertz CT molecular complexity index is 289. The van der Waals surface area contributed by atoms with Crippen molar-refractivity contribution in [2.24, 2.45) is 17.6 Å². The Morgan fingerprint density at radius 1 is 1.44 bits per heavy atom. The van der Waals surface area contributed by atoms with E-state index in [1.165, 1.54) is 25.9 Å². The van der Waals surface area contributed by atoms with Gasteiger partial charge in [-0.1, -0.05) is 0 Å². The van der Waals surface area contributed by atoms with Crippen LogP contribution in [0.15, 0.2) is 0 Å². The monoisotopic (exact) mass is 253 g/mol. The van der Waals surface area contributed by atoms with E-state index in [0.29, 0.717) is 5.91 Å². The van der Waals surface area contributed by atoms with Gasteiger partial charge in [0.25, 0.3) is 0 Å². The number of amides is 1. The van der Waals surface area contributed by atoms with Gasteiger partial charge in [-0.05, 0) is 51.6 Å². The number of likely N-dealkylation sites (tertiary alicyclic amines) is 1. The molecule has 2 aliphatic rings. The second-order valence-electron chi connectivity index (χ2n) is 6.25. The topological polar surface area (TPSA) is 49.6 Å². The van der Waals surface area contributed by atoms with Crippen LogP contribution in [0.3, 0.4) is 0 Å². The molecule has 0 spiro atoms. The quantitative estimate of drug-likeness (QED) is 0.810. The predicted molar refractivity (Wildman–Crippen MR) is 73.2 cm³/mol. The van der Waals surface area contributed by atoms with Crippen molar-refractivity contribution < 1.29 is 4.79 Å². The van der Waals surface area contributed by atoms with Gasteiger partial charge in [0.1, 0.15) is 0 Å². The molecule has 2 N–H and O–H groups in total. The maximum absolute atomic E-state index is 12.1. The Morgan fingerprint density at radius 2 is 2.17 bits per heavy atom. The van der Waals surface area contributed by atoms with E-state index < -0.39 is 0 Å². The third kappa shape index (κ3) is 3.45. The van der Waals surface area contributed by atoms with Crippen molar-refractivity contribution in [1.29, 1.82) is 0 Å². The molecule has 1 aliphatic heterocycles. The molecule has 0 radical (unpaired) electrons. The first-order chi connectivity index (χ1) is 8.56. The van der Waals surface area contributed by atoms with Crippen LogP contribution in [0.25, 0.3) is 0 Å². The number of nitrogens with two attached hydrogens (primary N) is 1. The second kappa shape index (κ2) is 6.02. The number of nitrogens with zero attached hydrogens (tertiary/aromatic N) is 2. The summed E-state index contributed by atoms with van der Waals surface area (Å²) in [4.78, 5) is 16.4. The highest BCUT2D eigenvalue weighted by molar-refractivity contribution is 5.79. The molecular weight excluding hydrogens is 226 g/mol. The highest BCUT2D eigenvalue weighted by Gasteiger charge is 2.33. The van der Waals surface area contributed by atoms with E-state index in [-0.39, 0.29) is 12.0 Å². The van der Waals surface area contributed by atoms with Gasteiger partial charge in [0.15, 0.2) is 0 Å². The summed E-state index contributed by atoms with van der Waals surface area (Å²) < 4.78 is 0. The molecule has 1 aliphatic carbocycles. The molecule has 1 atom stereocenters. The van der Waals surface area contributed by atoms with Crippen LogP contribution in [0.4, 0.5) is 0 Å². The van der Waals surface area contributed by atoms with E-state index in [2.05, 4.69) is 11.9 Å². The Labute approximate surface area is 110 Å². The molecule has 0 bridgehead atoms. The van der Waals surface area contributed by atoms with E-state index in [0.717, 1.165) is 31.7 Å². The normalized spacial score (nSPS) is 32.9. The van der Waals surface area contributed by atoms with Gasteiger partial charge in [-0.2, -0.15) is 0 Å². The van der Waals surface area contributed by atoms with Crippen molar-refractivity contribution in [3.05, 3.63) is 0 Å². The van der Waals surface area contributed by atoms with E-state index in [9.17, 15) is 4.79 Å². The first-order valence-corrected chi connectivity index (χ1v) is 7.25. The number of rotatable bonds is 4. The van der Waals surface area contributed by atoms with Crippen molar-refractivity contribution in [3.63, 3.8) is 0 Å². The van der Waals surface area contributed by atoms with Crippen LogP contribution in [-0.4, -0.2) is 55.5 Å². The fourth-order valence-corrected chi connectivity index (χ4v) is 3.17. The molecule has 1 amide bonds. The summed E-state index contributed by atoms with van der Waals surface area (Å²) in [6, 6.07) is 0.263. The average molecular weight is 253 g/mol. The minimum absolute atomic E-state index is 0.207. The maximum atomic E-state index is 12.1. The molecule has 1 unspecified atom stereocenters. The average Bonchev–Trinajstić information content (AvgIpc) is 2.31. The van der Waals surface area contributed by atoms with E-state index in [1.54, 1.807) is 0 Å². The molecule has 2 fully saturated rings. The molecular formula is C14H27N3O. The molecule has 0 aromatic carbocycles. The lowest BCUT2D eigenvalue weighted by molar-refractivity contribution is -0.137. The maximum Gasteiger partial charge on any atom is 0.225 e. The Balaban J connectivity index is 1.67. The molecule has 0 aromatic rings. The molecule has 1 saturated heterocycles. The summed E-state index contributed by atoms with van der Waals surface area (Å²) >= 11 is 0.